The third-order valence-electron chi connectivity index (χ3n) is 2.91. The Hall–Kier alpha value is -1.88. The maximum Gasteiger partial charge on any atom is 0.354 e. The van der Waals surface area contributed by atoms with E-state index in [1.807, 2.05) is 0 Å². The summed E-state index contributed by atoms with van der Waals surface area (Å²) in [7, 11) is 0. The number of carbonyl (C=O) groups is 1. The Bertz CT molecular complexity index is 587. The lowest BCUT2D eigenvalue weighted by Crippen LogP contribution is -2.33. The average Bonchev–Trinajstić information content (AvgIpc) is 2.38. The number of hydrogen-bond donors (Lipinski definition) is 2. The highest BCUT2D eigenvalue weighted by Gasteiger charge is 2.25. The molecule has 0 fully saturated rings. The van der Waals surface area contributed by atoms with Crippen molar-refractivity contribution in [3.8, 4) is 0 Å². The summed E-state index contributed by atoms with van der Waals surface area (Å²) >= 11 is 5.72. The molecular weight excluding hydrogens is 283 g/mol. The maximum absolute atomic E-state index is 13.9. The largest absolute Gasteiger partial charge is 0.461 e. The lowest BCUT2D eigenvalue weighted by molar-refractivity contribution is -0.139. The van der Waals surface area contributed by atoms with Gasteiger partial charge in [0, 0.05) is 22.7 Å². The number of esters is 1. The second-order valence-corrected chi connectivity index (χ2v) is 4.81. The summed E-state index contributed by atoms with van der Waals surface area (Å²) in [5, 5.41) is 11.0. The first-order valence-corrected chi connectivity index (χ1v) is 6.56. The first-order chi connectivity index (χ1) is 9.51. The van der Waals surface area contributed by atoms with Crippen LogP contribution in [-0.2, 0) is 9.53 Å². The van der Waals surface area contributed by atoms with Crippen molar-refractivity contribution in [2.24, 2.45) is 0 Å². The van der Waals surface area contributed by atoms with E-state index in [2.05, 4.69) is 5.32 Å². The van der Waals surface area contributed by atoms with Crippen LogP contribution in [0.3, 0.4) is 0 Å². The van der Waals surface area contributed by atoms with Crippen LogP contribution in [0.2, 0.25) is 5.02 Å². The van der Waals surface area contributed by atoms with Crippen molar-refractivity contribution < 1.29 is 13.9 Å². The monoisotopic (exact) mass is 296 g/mol. The SMILES string of the molecule is CCOC(=O)C1=CC(=N)CC(c2ccc(Cl)cc2F)N1. The van der Waals surface area contributed by atoms with Crippen molar-refractivity contribution in [2.45, 2.75) is 19.4 Å². The molecule has 2 N–H and O–H groups in total. The summed E-state index contributed by atoms with van der Waals surface area (Å²) in [6.45, 7) is 1.94. The van der Waals surface area contributed by atoms with Crippen LogP contribution in [-0.4, -0.2) is 18.3 Å². The number of allylic oxidation sites excluding steroid dienone is 1. The van der Waals surface area contributed by atoms with Crippen molar-refractivity contribution in [2.75, 3.05) is 6.61 Å². The molecule has 0 amide bonds. The number of benzene rings is 1. The number of ether oxygens (including phenoxy) is 1. The number of halogens is 2. The lowest BCUT2D eigenvalue weighted by atomic mass is 9.96. The molecule has 106 valence electrons. The van der Waals surface area contributed by atoms with E-state index in [-0.39, 0.29) is 18.0 Å². The van der Waals surface area contributed by atoms with Crippen LogP contribution in [0.4, 0.5) is 4.39 Å². The highest BCUT2D eigenvalue weighted by atomic mass is 35.5. The Balaban J connectivity index is 2.25. The number of carbonyl (C=O) groups excluding carboxylic acids is 1. The Morgan fingerprint density at radius 1 is 1.60 bits per heavy atom. The first kappa shape index (κ1) is 14.5. The molecule has 1 aliphatic heterocycles. The highest BCUT2D eigenvalue weighted by Crippen LogP contribution is 2.27. The van der Waals surface area contributed by atoms with Gasteiger partial charge in [-0.2, -0.15) is 0 Å². The summed E-state index contributed by atoms with van der Waals surface area (Å²) in [4.78, 5) is 11.7. The quantitative estimate of drug-likeness (QED) is 0.843. The van der Waals surface area contributed by atoms with Gasteiger partial charge in [-0.05, 0) is 25.1 Å². The molecule has 0 aliphatic carbocycles. The Morgan fingerprint density at radius 2 is 2.35 bits per heavy atom. The van der Waals surface area contributed by atoms with E-state index in [0.717, 1.165) is 0 Å². The smallest absolute Gasteiger partial charge is 0.354 e. The number of nitrogens with one attached hydrogen (secondary N) is 2. The van der Waals surface area contributed by atoms with Crippen LogP contribution in [0.15, 0.2) is 30.0 Å². The molecule has 0 saturated carbocycles. The fourth-order valence-corrected chi connectivity index (χ4v) is 2.19. The number of hydrogen-bond acceptors (Lipinski definition) is 4. The van der Waals surface area contributed by atoms with E-state index >= 15 is 0 Å². The summed E-state index contributed by atoms with van der Waals surface area (Å²) in [5.74, 6) is -1.01. The molecule has 1 heterocycles. The molecule has 20 heavy (non-hydrogen) atoms. The van der Waals surface area contributed by atoms with Gasteiger partial charge in [0.25, 0.3) is 0 Å². The summed E-state index contributed by atoms with van der Waals surface area (Å²) in [6, 6.07) is 3.86. The summed E-state index contributed by atoms with van der Waals surface area (Å²) in [6.07, 6.45) is 1.70. The molecule has 2 rings (SSSR count). The average molecular weight is 297 g/mol. The predicted octanol–water partition coefficient (Wildman–Crippen LogP) is 2.98. The zero-order chi connectivity index (χ0) is 14.7. The van der Waals surface area contributed by atoms with E-state index in [4.69, 9.17) is 21.7 Å². The molecule has 4 nitrogen and oxygen atoms in total. The molecule has 6 heteroatoms. The van der Waals surface area contributed by atoms with Crippen LogP contribution < -0.4 is 5.32 Å². The molecule has 0 radical (unpaired) electrons. The highest BCUT2D eigenvalue weighted by molar-refractivity contribution is 6.30. The van der Waals surface area contributed by atoms with E-state index in [1.165, 1.54) is 12.1 Å². The Labute approximate surface area is 121 Å². The maximum atomic E-state index is 13.9. The fourth-order valence-electron chi connectivity index (χ4n) is 2.03. The Kier molecular flexibility index (Phi) is 4.39. The van der Waals surface area contributed by atoms with Gasteiger partial charge in [0.1, 0.15) is 11.5 Å². The second kappa shape index (κ2) is 6.05. The van der Waals surface area contributed by atoms with Gasteiger partial charge in [-0.1, -0.05) is 17.7 Å². The van der Waals surface area contributed by atoms with Crippen molar-refractivity contribution in [1.29, 1.82) is 5.41 Å². The standard InChI is InChI=1S/C14H14ClFN2O2/c1-2-20-14(19)13-7-9(17)6-12(18-13)10-4-3-8(15)5-11(10)16/h3-5,7,12,17-18H,2,6H2,1H3. The molecule has 1 atom stereocenters. The van der Waals surface area contributed by atoms with Crippen LogP contribution in [0.1, 0.15) is 24.9 Å². The zero-order valence-corrected chi connectivity index (χ0v) is 11.6. The van der Waals surface area contributed by atoms with E-state index < -0.39 is 17.8 Å². The minimum Gasteiger partial charge on any atom is -0.461 e. The molecule has 1 aromatic rings. The van der Waals surface area contributed by atoms with Gasteiger partial charge in [0.15, 0.2) is 0 Å². The van der Waals surface area contributed by atoms with Crippen molar-refractivity contribution in [3.63, 3.8) is 0 Å². The van der Waals surface area contributed by atoms with Crippen LogP contribution >= 0.6 is 11.6 Å². The third kappa shape index (κ3) is 3.17. The molecule has 1 unspecified atom stereocenters. The van der Waals surface area contributed by atoms with Gasteiger partial charge < -0.3 is 15.5 Å². The first-order valence-electron chi connectivity index (χ1n) is 6.19. The molecule has 0 spiro atoms. The molecular formula is C14H14ClFN2O2. The van der Waals surface area contributed by atoms with Gasteiger partial charge >= 0.3 is 5.97 Å². The van der Waals surface area contributed by atoms with Crippen molar-refractivity contribution >= 4 is 23.3 Å². The van der Waals surface area contributed by atoms with Crippen LogP contribution in [0, 0.1) is 11.2 Å². The second-order valence-electron chi connectivity index (χ2n) is 4.37. The summed E-state index contributed by atoms with van der Waals surface area (Å²) in [5.41, 5.74) is 0.780. The number of rotatable bonds is 3. The van der Waals surface area contributed by atoms with Gasteiger partial charge in [0.2, 0.25) is 0 Å². The van der Waals surface area contributed by atoms with E-state index in [0.29, 0.717) is 17.0 Å². The normalized spacial score (nSPS) is 18.2. The van der Waals surface area contributed by atoms with Crippen molar-refractivity contribution in [1.82, 2.24) is 5.32 Å². The van der Waals surface area contributed by atoms with E-state index in [9.17, 15) is 9.18 Å². The Morgan fingerprint density at radius 3 is 3.00 bits per heavy atom. The van der Waals surface area contributed by atoms with Gasteiger partial charge in [0.05, 0.1) is 12.6 Å². The van der Waals surface area contributed by atoms with E-state index in [1.54, 1.807) is 19.1 Å². The fraction of sp³-hybridized carbons (Fsp3) is 0.286. The summed E-state index contributed by atoms with van der Waals surface area (Å²) < 4.78 is 18.8. The molecule has 0 bridgehead atoms. The van der Waals surface area contributed by atoms with Gasteiger partial charge in [-0.15, -0.1) is 0 Å². The van der Waals surface area contributed by atoms with Gasteiger partial charge in [-0.25, -0.2) is 9.18 Å². The van der Waals surface area contributed by atoms with Gasteiger partial charge in [-0.3, -0.25) is 0 Å². The predicted molar refractivity (Wildman–Crippen MR) is 74.3 cm³/mol. The van der Waals surface area contributed by atoms with Crippen LogP contribution in [0.25, 0.3) is 0 Å². The molecule has 1 aliphatic rings. The molecule has 1 aromatic carbocycles. The van der Waals surface area contributed by atoms with Crippen LogP contribution in [0.5, 0.6) is 0 Å². The minimum atomic E-state index is -0.545. The molecule has 0 saturated heterocycles. The third-order valence-corrected chi connectivity index (χ3v) is 3.14. The van der Waals surface area contributed by atoms with Crippen molar-refractivity contribution in [3.05, 3.63) is 46.4 Å². The molecule has 0 aromatic heterocycles. The zero-order valence-electron chi connectivity index (χ0n) is 10.9. The lowest BCUT2D eigenvalue weighted by Gasteiger charge is -2.25. The topological polar surface area (TPSA) is 62.2 Å². The minimum absolute atomic E-state index is 0.169.